The van der Waals surface area contributed by atoms with Gasteiger partial charge in [0.05, 0.1) is 10.7 Å². The van der Waals surface area contributed by atoms with Crippen LogP contribution in [-0.2, 0) is 6.42 Å². The standard InChI is InChI=1S/C18H25N5OS/c1-14(2)16-13-25-17(21-16)5-8-20-18(24)23-11-9-22(10-12-23)15-3-6-19-7-4-15/h3-4,6-7,13-14H,5,8-12H2,1-2H3,(H,20,24). The van der Waals surface area contributed by atoms with Gasteiger partial charge in [0.2, 0.25) is 0 Å². The van der Waals surface area contributed by atoms with E-state index in [-0.39, 0.29) is 6.03 Å². The Morgan fingerprint density at radius 2 is 1.96 bits per heavy atom. The predicted molar refractivity (Wildman–Crippen MR) is 101 cm³/mol. The average molecular weight is 359 g/mol. The van der Waals surface area contributed by atoms with E-state index in [1.807, 2.05) is 17.0 Å². The number of rotatable bonds is 5. The second-order valence-corrected chi connectivity index (χ2v) is 7.42. The minimum Gasteiger partial charge on any atom is -0.368 e. The fraction of sp³-hybridized carbons (Fsp3) is 0.500. The number of carbonyl (C=O) groups excluding carboxylic acids is 1. The number of hydrogen-bond acceptors (Lipinski definition) is 5. The van der Waals surface area contributed by atoms with Crippen LogP contribution in [0.15, 0.2) is 29.9 Å². The molecule has 0 saturated carbocycles. The number of anilines is 1. The van der Waals surface area contributed by atoms with Crippen LogP contribution >= 0.6 is 11.3 Å². The number of hydrogen-bond donors (Lipinski definition) is 1. The van der Waals surface area contributed by atoms with Crippen molar-refractivity contribution in [3.63, 3.8) is 0 Å². The topological polar surface area (TPSA) is 61.4 Å². The summed E-state index contributed by atoms with van der Waals surface area (Å²) in [6.45, 7) is 8.10. The number of urea groups is 1. The van der Waals surface area contributed by atoms with Crippen molar-refractivity contribution in [2.75, 3.05) is 37.6 Å². The van der Waals surface area contributed by atoms with Crippen molar-refractivity contribution in [1.82, 2.24) is 20.2 Å². The molecule has 1 fully saturated rings. The SMILES string of the molecule is CC(C)c1csc(CCNC(=O)N2CCN(c3ccncc3)CC2)n1. The van der Waals surface area contributed by atoms with Gasteiger partial charge in [-0.25, -0.2) is 9.78 Å². The summed E-state index contributed by atoms with van der Waals surface area (Å²) in [7, 11) is 0. The van der Waals surface area contributed by atoms with Gasteiger partial charge in [0.1, 0.15) is 0 Å². The van der Waals surface area contributed by atoms with E-state index in [0.717, 1.165) is 43.3 Å². The van der Waals surface area contributed by atoms with Crippen molar-refractivity contribution in [2.24, 2.45) is 0 Å². The number of thiazole rings is 1. The van der Waals surface area contributed by atoms with Crippen molar-refractivity contribution in [3.05, 3.63) is 40.6 Å². The summed E-state index contributed by atoms with van der Waals surface area (Å²) in [6.07, 6.45) is 4.40. The summed E-state index contributed by atoms with van der Waals surface area (Å²) in [5.74, 6) is 0.455. The molecule has 134 valence electrons. The number of amides is 2. The molecule has 2 aromatic rings. The van der Waals surface area contributed by atoms with Gasteiger partial charge in [-0.15, -0.1) is 11.3 Å². The first-order valence-corrected chi connectivity index (χ1v) is 9.63. The molecule has 1 aliphatic rings. The maximum absolute atomic E-state index is 12.3. The van der Waals surface area contributed by atoms with Gasteiger partial charge in [-0.2, -0.15) is 0 Å². The van der Waals surface area contributed by atoms with Crippen molar-refractivity contribution >= 4 is 23.1 Å². The largest absolute Gasteiger partial charge is 0.368 e. The summed E-state index contributed by atoms with van der Waals surface area (Å²) in [4.78, 5) is 25.1. The minimum absolute atomic E-state index is 0.0232. The van der Waals surface area contributed by atoms with Crippen LogP contribution in [0.4, 0.5) is 10.5 Å². The first kappa shape index (κ1) is 17.7. The lowest BCUT2D eigenvalue weighted by Crippen LogP contribution is -2.52. The molecule has 1 aliphatic heterocycles. The zero-order chi connectivity index (χ0) is 17.6. The van der Waals surface area contributed by atoms with Gasteiger partial charge >= 0.3 is 6.03 Å². The number of nitrogens with one attached hydrogen (secondary N) is 1. The molecule has 3 rings (SSSR count). The fourth-order valence-electron chi connectivity index (χ4n) is 2.82. The number of piperazine rings is 1. The Kier molecular flexibility index (Phi) is 5.86. The Labute approximate surface area is 152 Å². The summed E-state index contributed by atoms with van der Waals surface area (Å²) in [6, 6.07) is 4.04. The van der Waals surface area contributed by atoms with Crippen LogP contribution in [0, 0.1) is 0 Å². The molecule has 0 bridgehead atoms. The van der Waals surface area contributed by atoms with Crippen molar-refractivity contribution in [2.45, 2.75) is 26.2 Å². The summed E-state index contributed by atoms with van der Waals surface area (Å²) >= 11 is 1.68. The molecular weight excluding hydrogens is 334 g/mol. The quantitative estimate of drug-likeness (QED) is 0.892. The van der Waals surface area contributed by atoms with E-state index in [2.05, 4.69) is 39.4 Å². The molecule has 0 atom stereocenters. The first-order chi connectivity index (χ1) is 12.1. The second kappa shape index (κ2) is 8.29. The van der Waals surface area contributed by atoms with Gasteiger partial charge in [0, 0.05) is 62.6 Å². The van der Waals surface area contributed by atoms with Crippen LogP contribution in [0.3, 0.4) is 0 Å². The smallest absolute Gasteiger partial charge is 0.317 e. The summed E-state index contributed by atoms with van der Waals surface area (Å²) in [5, 5.41) is 6.22. The molecule has 2 aromatic heterocycles. The van der Waals surface area contributed by atoms with Crippen LogP contribution < -0.4 is 10.2 Å². The van der Waals surface area contributed by atoms with E-state index in [4.69, 9.17) is 0 Å². The normalized spacial score (nSPS) is 14.8. The number of aromatic nitrogens is 2. The van der Waals surface area contributed by atoms with Gasteiger partial charge in [-0.3, -0.25) is 4.98 Å². The molecule has 0 aliphatic carbocycles. The lowest BCUT2D eigenvalue weighted by atomic mass is 10.2. The van der Waals surface area contributed by atoms with Gasteiger partial charge < -0.3 is 15.1 Å². The lowest BCUT2D eigenvalue weighted by molar-refractivity contribution is 0.194. The lowest BCUT2D eigenvalue weighted by Gasteiger charge is -2.36. The van der Waals surface area contributed by atoms with Gasteiger partial charge in [-0.05, 0) is 18.1 Å². The highest BCUT2D eigenvalue weighted by Crippen LogP contribution is 2.18. The zero-order valence-corrected chi connectivity index (χ0v) is 15.6. The molecular formula is C18H25N5OS. The maximum Gasteiger partial charge on any atom is 0.317 e. The summed E-state index contributed by atoms with van der Waals surface area (Å²) < 4.78 is 0. The third-order valence-electron chi connectivity index (χ3n) is 4.37. The molecule has 6 nitrogen and oxygen atoms in total. The highest BCUT2D eigenvalue weighted by atomic mass is 32.1. The molecule has 0 spiro atoms. The Hall–Kier alpha value is -2.15. The molecule has 7 heteroatoms. The van der Waals surface area contributed by atoms with Crippen molar-refractivity contribution < 1.29 is 4.79 Å². The summed E-state index contributed by atoms with van der Waals surface area (Å²) in [5.41, 5.74) is 2.30. The van der Waals surface area contributed by atoms with Crippen molar-refractivity contribution in [1.29, 1.82) is 0 Å². The highest BCUT2D eigenvalue weighted by Gasteiger charge is 2.21. The average Bonchev–Trinajstić information content (AvgIpc) is 3.12. The highest BCUT2D eigenvalue weighted by molar-refractivity contribution is 7.09. The number of nitrogens with zero attached hydrogens (tertiary/aromatic N) is 4. The van der Waals surface area contributed by atoms with Gasteiger partial charge in [-0.1, -0.05) is 13.8 Å². The van der Waals surface area contributed by atoms with Crippen LogP contribution in [0.2, 0.25) is 0 Å². The van der Waals surface area contributed by atoms with Gasteiger partial charge in [0.15, 0.2) is 0 Å². The van der Waals surface area contributed by atoms with Crippen LogP contribution in [0.25, 0.3) is 0 Å². The second-order valence-electron chi connectivity index (χ2n) is 6.48. The third kappa shape index (κ3) is 4.69. The van der Waals surface area contributed by atoms with Crippen LogP contribution in [0.1, 0.15) is 30.5 Å². The molecule has 0 aromatic carbocycles. The monoisotopic (exact) mass is 359 g/mol. The molecule has 2 amide bonds. The Morgan fingerprint density at radius 3 is 2.60 bits per heavy atom. The Balaban J connectivity index is 1.40. The van der Waals surface area contributed by atoms with E-state index in [9.17, 15) is 4.79 Å². The van der Waals surface area contributed by atoms with Gasteiger partial charge in [0.25, 0.3) is 0 Å². The molecule has 25 heavy (non-hydrogen) atoms. The zero-order valence-electron chi connectivity index (χ0n) is 14.8. The molecule has 3 heterocycles. The van der Waals surface area contributed by atoms with E-state index in [0.29, 0.717) is 12.5 Å². The molecule has 0 unspecified atom stereocenters. The maximum atomic E-state index is 12.3. The first-order valence-electron chi connectivity index (χ1n) is 8.75. The molecule has 0 radical (unpaired) electrons. The van der Waals surface area contributed by atoms with Crippen LogP contribution in [-0.4, -0.2) is 53.6 Å². The molecule has 1 N–H and O–H groups in total. The minimum atomic E-state index is 0.0232. The Morgan fingerprint density at radius 1 is 1.24 bits per heavy atom. The number of carbonyl (C=O) groups is 1. The number of pyridine rings is 1. The van der Waals surface area contributed by atoms with Crippen molar-refractivity contribution in [3.8, 4) is 0 Å². The fourth-order valence-corrected chi connectivity index (χ4v) is 3.78. The Bertz CT molecular complexity index is 680. The van der Waals surface area contributed by atoms with E-state index in [1.54, 1.807) is 23.7 Å². The van der Waals surface area contributed by atoms with Crippen LogP contribution in [0.5, 0.6) is 0 Å². The van der Waals surface area contributed by atoms with E-state index in [1.165, 1.54) is 5.69 Å². The van der Waals surface area contributed by atoms with E-state index >= 15 is 0 Å². The third-order valence-corrected chi connectivity index (χ3v) is 5.30. The molecule has 1 saturated heterocycles. The predicted octanol–water partition coefficient (Wildman–Crippen LogP) is 2.74. The van der Waals surface area contributed by atoms with E-state index < -0.39 is 0 Å².